The van der Waals surface area contributed by atoms with Crippen LogP contribution in [-0.2, 0) is 13.5 Å². The van der Waals surface area contributed by atoms with Gasteiger partial charge in [-0.1, -0.05) is 19.4 Å². The van der Waals surface area contributed by atoms with E-state index in [4.69, 9.17) is 0 Å². The standard InChI is InChI=1S/C15H17NO2/c1-3-4-5-11-6-7-14-13(8-11)15(18)12(10-17)9-16(14)2/h6-10H,3-5H2,1-2H3. The third-order valence-electron chi connectivity index (χ3n) is 3.23. The van der Waals surface area contributed by atoms with E-state index in [0.717, 1.165) is 30.3 Å². The predicted octanol–water partition coefficient (Wildman–Crippen LogP) is 2.69. The smallest absolute Gasteiger partial charge is 0.199 e. The second kappa shape index (κ2) is 5.17. The van der Waals surface area contributed by atoms with Crippen LogP contribution in [0.15, 0.2) is 29.2 Å². The number of hydrogen-bond acceptors (Lipinski definition) is 2. The molecule has 0 bridgehead atoms. The molecule has 0 fully saturated rings. The van der Waals surface area contributed by atoms with Crippen molar-refractivity contribution >= 4 is 17.2 Å². The average Bonchev–Trinajstić information content (AvgIpc) is 2.40. The van der Waals surface area contributed by atoms with Crippen LogP contribution in [0.3, 0.4) is 0 Å². The Bertz CT molecular complexity index is 641. The zero-order chi connectivity index (χ0) is 13.1. The molecule has 0 N–H and O–H groups in total. The molecule has 0 spiro atoms. The van der Waals surface area contributed by atoms with Gasteiger partial charge >= 0.3 is 0 Å². The Balaban J connectivity index is 2.63. The number of carbonyl (C=O) groups excluding carboxylic acids is 1. The van der Waals surface area contributed by atoms with Crippen molar-refractivity contribution in [3.63, 3.8) is 0 Å². The summed E-state index contributed by atoms with van der Waals surface area (Å²) in [7, 11) is 1.85. The quantitative estimate of drug-likeness (QED) is 0.774. The van der Waals surface area contributed by atoms with Gasteiger partial charge in [0, 0.05) is 18.6 Å². The van der Waals surface area contributed by atoms with Gasteiger partial charge in [-0.25, -0.2) is 0 Å². The Morgan fingerprint density at radius 1 is 1.33 bits per heavy atom. The molecule has 3 heteroatoms. The van der Waals surface area contributed by atoms with Gasteiger partial charge in [-0.15, -0.1) is 0 Å². The van der Waals surface area contributed by atoms with E-state index < -0.39 is 0 Å². The van der Waals surface area contributed by atoms with E-state index in [9.17, 15) is 9.59 Å². The molecule has 0 amide bonds. The van der Waals surface area contributed by atoms with Crippen molar-refractivity contribution in [2.75, 3.05) is 0 Å². The molecule has 0 aliphatic carbocycles. The Hall–Kier alpha value is -1.90. The van der Waals surface area contributed by atoms with Gasteiger partial charge in [0.25, 0.3) is 0 Å². The minimum Gasteiger partial charge on any atom is -0.350 e. The summed E-state index contributed by atoms with van der Waals surface area (Å²) in [6.45, 7) is 2.14. The molecule has 0 unspecified atom stereocenters. The van der Waals surface area contributed by atoms with E-state index in [-0.39, 0.29) is 11.0 Å². The first-order valence-corrected chi connectivity index (χ1v) is 6.24. The molecule has 0 aliphatic heterocycles. The maximum Gasteiger partial charge on any atom is 0.199 e. The number of nitrogens with zero attached hydrogens (tertiary/aromatic N) is 1. The monoisotopic (exact) mass is 243 g/mol. The molecule has 0 saturated heterocycles. The maximum atomic E-state index is 12.1. The van der Waals surface area contributed by atoms with Crippen molar-refractivity contribution in [1.82, 2.24) is 4.57 Å². The van der Waals surface area contributed by atoms with Crippen molar-refractivity contribution in [1.29, 1.82) is 0 Å². The van der Waals surface area contributed by atoms with E-state index in [0.29, 0.717) is 11.7 Å². The number of hydrogen-bond donors (Lipinski definition) is 0. The summed E-state index contributed by atoms with van der Waals surface area (Å²) < 4.78 is 1.82. The number of unbranched alkanes of at least 4 members (excludes halogenated alkanes) is 1. The van der Waals surface area contributed by atoms with E-state index in [2.05, 4.69) is 13.0 Å². The summed E-state index contributed by atoms with van der Waals surface area (Å²) >= 11 is 0. The van der Waals surface area contributed by atoms with Crippen LogP contribution in [-0.4, -0.2) is 10.9 Å². The van der Waals surface area contributed by atoms with Crippen LogP contribution < -0.4 is 5.43 Å². The van der Waals surface area contributed by atoms with Crippen molar-refractivity contribution in [3.8, 4) is 0 Å². The highest BCUT2D eigenvalue weighted by atomic mass is 16.1. The first-order valence-electron chi connectivity index (χ1n) is 6.24. The third-order valence-corrected chi connectivity index (χ3v) is 3.23. The lowest BCUT2D eigenvalue weighted by atomic mass is 10.0. The maximum absolute atomic E-state index is 12.1. The van der Waals surface area contributed by atoms with Crippen LogP contribution >= 0.6 is 0 Å². The lowest BCUT2D eigenvalue weighted by Crippen LogP contribution is -2.13. The summed E-state index contributed by atoms with van der Waals surface area (Å²) in [6, 6.07) is 5.93. The highest BCUT2D eigenvalue weighted by Crippen LogP contribution is 2.14. The van der Waals surface area contributed by atoms with Crippen molar-refractivity contribution in [3.05, 3.63) is 45.7 Å². The van der Waals surface area contributed by atoms with E-state index >= 15 is 0 Å². The molecule has 0 aliphatic rings. The molecule has 2 rings (SSSR count). The third kappa shape index (κ3) is 2.21. The Morgan fingerprint density at radius 2 is 2.11 bits per heavy atom. The summed E-state index contributed by atoms with van der Waals surface area (Å²) in [4.78, 5) is 23.0. The molecule has 0 radical (unpaired) electrons. The topological polar surface area (TPSA) is 39.1 Å². The molecule has 1 heterocycles. The van der Waals surface area contributed by atoms with Crippen LogP contribution in [0.25, 0.3) is 10.9 Å². The molecule has 1 aromatic heterocycles. The molecular formula is C15H17NO2. The predicted molar refractivity (Wildman–Crippen MR) is 73.2 cm³/mol. The number of pyridine rings is 1. The van der Waals surface area contributed by atoms with Gasteiger partial charge < -0.3 is 4.57 Å². The molecule has 94 valence electrons. The summed E-state index contributed by atoms with van der Waals surface area (Å²) in [6.07, 6.45) is 5.43. The zero-order valence-corrected chi connectivity index (χ0v) is 10.8. The van der Waals surface area contributed by atoms with E-state index in [1.54, 1.807) is 6.20 Å². The first-order chi connectivity index (χ1) is 8.67. The number of fused-ring (bicyclic) bond motifs is 1. The SMILES string of the molecule is CCCCc1ccc2c(c1)c(=O)c(C=O)cn2C. The van der Waals surface area contributed by atoms with Crippen LogP contribution in [0.1, 0.15) is 35.7 Å². The van der Waals surface area contributed by atoms with E-state index in [1.165, 1.54) is 0 Å². The molecule has 0 saturated carbocycles. The number of carbonyl (C=O) groups is 1. The number of aromatic nitrogens is 1. The molecule has 3 nitrogen and oxygen atoms in total. The van der Waals surface area contributed by atoms with Crippen molar-refractivity contribution in [2.24, 2.45) is 7.05 Å². The fourth-order valence-corrected chi connectivity index (χ4v) is 2.19. The minimum absolute atomic E-state index is 0.170. The lowest BCUT2D eigenvalue weighted by Gasteiger charge is -2.08. The second-order valence-corrected chi connectivity index (χ2v) is 4.60. The molecular weight excluding hydrogens is 226 g/mol. The van der Waals surface area contributed by atoms with Crippen molar-refractivity contribution < 1.29 is 4.79 Å². The normalized spacial score (nSPS) is 10.8. The number of rotatable bonds is 4. The fraction of sp³-hybridized carbons (Fsp3) is 0.333. The summed E-state index contributed by atoms with van der Waals surface area (Å²) in [5.41, 5.74) is 2.07. The molecule has 2 aromatic rings. The lowest BCUT2D eigenvalue weighted by molar-refractivity contribution is 0.112. The Labute approximate surface area is 106 Å². The molecule has 18 heavy (non-hydrogen) atoms. The highest BCUT2D eigenvalue weighted by Gasteiger charge is 2.07. The van der Waals surface area contributed by atoms with Gasteiger partial charge in [0.2, 0.25) is 0 Å². The second-order valence-electron chi connectivity index (χ2n) is 4.60. The van der Waals surface area contributed by atoms with Gasteiger partial charge in [-0.05, 0) is 30.5 Å². The Kier molecular flexibility index (Phi) is 3.60. The fourth-order valence-electron chi connectivity index (χ4n) is 2.19. The molecule has 0 atom stereocenters. The number of aryl methyl sites for hydroxylation is 2. The van der Waals surface area contributed by atoms with E-state index in [1.807, 2.05) is 23.7 Å². The van der Waals surface area contributed by atoms with Crippen LogP contribution in [0.5, 0.6) is 0 Å². The first kappa shape index (κ1) is 12.6. The summed E-state index contributed by atoms with van der Waals surface area (Å²) in [5.74, 6) is 0. The van der Waals surface area contributed by atoms with Crippen LogP contribution in [0, 0.1) is 0 Å². The Morgan fingerprint density at radius 3 is 2.78 bits per heavy atom. The number of benzene rings is 1. The number of aldehydes is 1. The van der Waals surface area contributed by atoms with Crippen molar-refractivity contribution in [2.45, 2.75) is 26.2 Å². The summed E-state index contributed by atoms with van der Waals surface area (Å²) in [5, 5.41) is 0.635. The van der Waals surface area contributed by atoms with Gasteiger partial charge in [-0.3, -0.25) is 9.59 Å². The van der Waals surface area contributed by atoms with Gasteiger partial charge in [0.05, 0.1) is 11.1 Å². The average molecular weight is 243 g/mol. The van der Waals surface area contributed by atoms with Gasteiger partial charge in [-0.2, -0.15) is 0 Å². The highest BCUT2D eigenvalue weighted by molar-refractivity contribution is 5.86. The van der Waals surface area contributed by atoms with Gasteiger partial charge in [0.1, 0.15) is 0 Å². The zero-order valence-electron chi connectivity index (χ0n) is 10.8. The van der Waals surface area contributed by atoms with Gasteiger partial charge in [0.15, 0.2) is 11.7 Å². The molecule has 1 aromatic carbocycles. The largest absolute Gasteiger partial charge is 0.350 e. The van der Waals surface area contributed by atoms with Crippen LogP contribution in [0.4, 0.5) is 0 Å². The van der Waals surface area contributed by atoms with Crippen LogP contribution in [0.2, 0.25) is 0 Å². The minimum atomic E-state index is -0.170.